The minimum atomic E-state index is 0.0960. The van der Waals surface area contributed by atoms with E-state index >= 15 is 0 Å². The van der Waals surface area contributed by atoms with Crippen LogP contribution in [-0.4, -0.2) is 20.9 Å². The molecule has 1 aliphatic carbocycles. The maximum absolute atomic E-state index is 12.2. The molecule has 0 aliphatic heterocycles. The van der Waals surface area contributed by atoms with Gasteiger partial charge in [-0.25, -0.2) is 15.0 Å². The highest BCUT2D eigenvalue weighted by molar-refractivity contribution is 5.91. The van der Waals surface area contributed by atoms with Gasteiger partial charge in [-0.1, -0.05) is 18.9 Å². The van der Waals surface area contributed by atoms with Crippen molar-refractivity contribution in [3.8, 4) is 0 Å². The highest BCUT2D eigenvalue weighted by Crippen LogP contribution is 2.28. The Morgan fingerprint density at radius 2 is 1.59 bits per heavy atom. The van der Waals surface area contributed by atoms with Crippen LogP contribution in [-0.2, 0) is 4.79 Å². The van der Waals surface area contributed by atoms with Crippen molar-refractivity contribution >= 4 is 34.7 Å². The van der Waals surface area contributed by atoms with E-state index in [9.17, 15) is 4.79 Å². The lowest BCUT2D eigenvalue weighted by Crippen LogP contribution is -2.15. The summed E-state index contributed by atoms with van der Waals surface area (Å²) in [7, 11) is 0. The van der Waals surface area contributed by atoms with E-state index < -0.39 is 0 Å². The molecule has 1 saturated carbocycles. The zero-order chi connectivity index (χ0) is 19.9. The fraction of sp³-hybridized carbons (Fsp3) is 0.273. The number of benzene rings is 1. The predicted octanol–water partition coefficient (Wildman–Crippen LogP) is 4.88. The molecule has 1 aliphatic rings. The normalized spacial score (nSPS) is 13.8. The van der Waals surface area contributed by atoms with Crippen molar-refractivity contribution in [3.05, 3.63) is 61.1 Å². The number of anilines is 5. The van der Waals surface area contributed by atoms with Crippen molar-refractivity contribution in [2.75, 3.05) is 16.0 Å². The van der Waals surface area contributed by atoms with E-state index in [0.29, 0.717) is 24.0 Å². The van der Waals surface area contributed by atoms with Crippen LogP contribution in [0.2, 0.25) is 0 Å². The van der Waals surface area contributed by atoms with Gasteiger partial charge in [0.1, 0.15) is 23.8 Å². The Hall–Kier alpha value is -3.48. The molecule has 7 nitrogen and oxygen atoms in total. The summed E-state index contributed by atoms with van der Waals surface area (Å²) in [5.74, 6) is 2.67. The summed E-state index contributed by atoms with van der Waals surface area (Å²) in [6.45, 7) is 0. The van der Waals surface area contributed by atoms with Crippen LogP contribution in [0.25, 0.3) is 0 Å². The van der Waals surface area contributed by atoms with E-state index in [-0.39, 0.29) is 5.91 Å². The van der Waals surface area contributed by atoms with Gasteiger partial charge in [0.2, 0.25) is 5.91 Å². The molecule has 1 fully saturated rings. The molecule has 148 valence electrons. The van der Waals surface area contributed by atoms with Gasteiger partial charge in [-0.15, -0.1) is 0 Å². The van der Waals surface area contributed by atoms with Crippen LogP contribution in [0, 0.1) is 5.92 Å². The van der Waals surface area contributed by atoms with Crippen molar-refractivity contribution in [3.63, 3.8) is 0 Å². The topological polar surface area (TPSA) is 91.8 Å². The van der Waals surface area contributed by atoms with Crippen LogP contribution >= 0.6 is 0 Å². The number of hydrogen-bond acceptors (Lipinski definition) is 6. The largest absolute Gasteiger partial charge is 0.340 e. The third-order valence-corrected chi connectivity index (χ3v) is 4.98. The second-order valence-corrected chi connectivity index (χ2v) is 7.23. The highest BCUT2D eigenvalue weighted by Gasteiger charge is 2.18. The van der Waals surface area contributed by atoms with E-state index in [2.05, 4.69) is 30.9 Å². The smallest absolute Gasteiger partial charge is 0.224 e. The van der Waals surface area contributed by atoms with Gasteiger partial charge in [-0.2, -0.15) is 0 Å². The zero-order valence-electron chi connectivity index (χ0n) is 16.1. The first-order chi connectivity index (χ1) is 14.2. The summed E-state index contributed by atoms with van der Waals surface area (Å²) in [4.78, 5) is 24.9. The van der Waals surface area contributed by atoms with Crippen molar-refractivity contribution in [1.29, 1.82) is 0 Å². The molecule has 0 atom stereocenters. The molecule has 0 spiro atoms. The van der Waals surface area contributed by atoms with Gasteiger partial charge in [-0.3, -0.25) is 4.79 Å². The molecule has 3 N–H and O–H groups in total. The van der Waals surface area contributed by atoms with Gasteiger partial charge in [0.05, 0.1) is 0 Å². The Bertz CT molecular complexity index is 939. The first-order valence-corrected chi connectivity index (χ1v) is 9.92. The second-order valence-electron chi connectivity index (χ2n) is 7.23. The fourth-order valence-electron chi connectivity index (χ4n) is 3.54. The van der Waals surface area contributed by atoms with Crippen LogP contribution in [0.5, 0.6) is 0 Å². The van der Waals surface area contributed by atoms with Crippen molar-refractivity contribution in [2.45, 2.75) is 32.1 Å². The number of rotatable bonds is 7. The molecule has 3 aromatic rings. The van der Waals surface area contributed by atoms with Gasteiger partial charge in [-0.05, 0) is 55.2 Å². The number of amides is 1. The standard InChI is InChI=1S/C22H24N6O/c29-22(13-16-5-1-2-6-16)27-18-10-8-17(9-11-18)26-20-14-21(25-15-24-20)28-19-7-3-4-12-23-19/h3-4,7-12,14-16H,1-2,5-6,13H2,(H,27,29)(H2,23,24,25,26,28). The van der Waals surface area contributed by atoms with Gasteiger partial charge >= 0.3 is 0 Å². The van der Waals surface area contributed by atoms with Crippen LogP contribution in [0.1, 0.15) is 32.1 Å². The first kappa shape index (κ1) is 18.9. The van der Waals surface area contributed by atoms with Gasteiger partial charge in [0.15, 0.2) is 0 Å². The van der Waals surface area contributed by atoms with Gasteiger partial charge < -0.3 is 16.0 Å². The third-order valence-electron chi connectivity index (χ3n) is 4.98. The average Bonchev–Trinajstić information content (AvgIpc) is 3.23. The second kappa shape index (κ2) is 9.14. The van der Waals surface area contributed by atoms with Crippen LogP contribution in [0.4, 0.5) is 28.8 Å². The Morgan fingerprint density at radius 3 is 2.31 bits per heavy atom. The summed E-state index contributed by atoms with van der Waals surface area (Å²) in [5.41, 5.74) is 1.68. The lowest BCUT2D eigenvalue weighted by atomic mass is 10.0. The molecule has 4 rings (SSSR count). The average molecular weight is 388 g/mol. The van der Waals surface area contributed by atoms with E-state index in [0.717, 1.165) is 17.2 Å². The number of aromatic nitrogens is 3. The van der Waals surface area contributed by atoms with Gasteiger partial charge in [0.25, 0.3) is 0 Å². The SMILES string of the molecule is O=C(CC1CCCC1)Nc1ccc(Nc2cc(Nc3ccccn3)ncn2)cc1. The fourth-order valence-corrected chi connectivity index (χ4v) is 3.54. The number of carbonyl (C=O) groups excluding carboxylic acids is 1. The number of hydrogen-bond donors (Lipinski definition) is 3. The van der Waals surface area contributed by atoms with Gasteiger partial charge in [0, 0.05) is 30.1 Å². The zero-order valence-corrected chi connectivity index (χ0v) is 16.1. The first-order valence-electron chi connectivity index (χ1n) is 9.92. The van der Waals surface area contributed by atoms with Crippen molar-refractivity contribution < 1.29 is 4.79 Å². The summed E-state index contributed by atoms with van der Waals surface area (Å²) in [5, 5.41) is 9.37. The van der Waals surface area contributed by atoms with E-state index in [1.54, 1.807) is 6.20 Å². The Labute approximate surface area is 170 Å². The molecule has 2 heterocycles. The maximum Gasteiger partial charge on any atom is 0.224 e. The Kier molecular flexibility index (Phi) is 5.95. The molecule has 0 radical (unpaired) electrons. The molecule has 29 heavy (non-hydrogen) atoms. The van der Waals surface area contributed by atoms with Crippen LogP contribution in [0.3, 0.4) is 0 Å². The summed E-state index contributed by atoms with van der Waals surface area (Å²) < 4.78 is 0. The molecule has 7 heteroatoms. The monoisotopic (exact) mass is 388 g/mol. The molecular formula is C22H24N6O. The lowest BCUT2D eigenvalue weighted by Gasteiger charge is -2.11. The summed E-state index contributed by atoms with van der Waals surface area (Å²) in [6, 6.07) is 15.1. The Morgan fingerprint density at radius 1 is 0.862 bits per heavy atom. The highest BCUT2D eigenvalue weighted by atomic mass is 16.1. The van der Waals surface area contributed by atoms with Crippen LogP contribution < -0.4 is 16.0 Å². The quantitative estimate of drug-likeness (QED) is 0.534. The van der Waals surface area contributed by atoms with E-state index in [1.807, 2.05) is 48.5 Å². The van der Waals surface area contributed by atoms with E-state index in [1.165, 1.54) is 32.0 Å². The minimum absolute atomic E-state index is 0.0960. The predicted molar refractivity (Wildman–Crippen MR) is 114 cm³/mol. The van der Waals surface area contributed by atoms with Crippen molar-refractivity contribution in [1.82, 2.24) is 15.0 Å². The number of nitrogens with one attached hydrogen (secondary N) is 3. The molecular weight excluding hydrogens is 364 g/mol. The molecule has 0 saturated heterocycles. The molecule has 2 aromatic heterocycles. The maximum atomic E-state index is 12.2. The molecule has 1 amide bonds. The molecule has 1 aromatic carbocycles. The lowest BCUT2D eigenvalue weighted by molar-refractivity contribution is -0.117. The summed E-state index contributed by atoms with van der Waals surface area (Å²) >= 11 is 0. The number of nitrogens with zero attached hydrogens (tertiary/aromatic N) is 3. The number of carbonyl (C=O) groups is 1. The molecule has 0 unspecified atom stereocenters. The van der Waals surface area contributed by atoms with Crippen molar-refractivity contribution in [2.24, 2.45) is 5.92 Å². The Balaban J connectivity index is 1.33. The van der Waals surface area contributed by atoms with E-state index in [4.69, 9.17) is 0 Å². The van der Waals surface area contributed by atoms with Crippen LogP contribution in [0.15, 0.2) is 61.1 Å². The third kappa shape index (κ3) is 5.51. The number of pyridine rings is 1. The molecule has 0 bridgehead atoms. The summed E-state index contributed by atoms with van der Waals surface area (Å²) in [6.07, 6.45) is 8.68. The minimum Gasteiger partial charge on any atom is -0.340 e.